The first-order chi connectivity index (χ1) is 9.76. The highest BCUT2D eigenvalue weighted by Gasteiger charge is 2.39. The van der Waals surface area contributed by atoms with Crippen LogP contribution in [0.4, 0.5) is 5.69 Å². The first-order valence-electron chi connectivity index (χ1n) is 6.03. The Hall–Kier alpha value is -2.19. The lowest BCUT2D eigenvalue weighted by Crippen LogP contribution is -2.41. The second-order valence-electron chi connectivity index (χ2n) is 4.83. The van der Waals surface area contributed by atoms with Crippen LogP contribution in [-0.2, 0) is 9.53 Å². The van der Waals surface area contributed by atoms with Gasteiger partial charge in [0.05, 0.1) is 21.2 Å². The van der Waals surface area contributed by atoms with Crippen molar-refractivity contribution >= 4 is 35.0 Å². The molecule has 1 aliphatic heterocycles. The number of rotatable bonds is 1. The number of quaternary nitrogens is 1. The number of methoxy groups -OCH3 is 1. The molecule has 0 bridgehead atoms. The van der Waals surface area contributed by atoms with Crippen LogP contribution in [0.25, 0.3) is 0 Å². The van der Waals surface area contributed by atoms with Gasteiger partial charge in [-0.15, -0.1) is 0 Å². The molecule has 0 fully saturated rings. The quantitative estimate of drug-likeness (QED) is 0.446. The molecule has 0 aromatic carbocycles. The molecule has 0 saturated heterocycles. The molecule has 2 N–H and O–H groups in total. The van der Waals surface area contributed by atoms with Gasteiger partial charge in [0, 0.05) is 13.0 Å². The normalized spacial score (nSPS) is 15.0. The van der Waals surface area contributed by atoms with Crippen LogP contribution < -0.4 is 15.4 Å². The minimum atomic E-state index is -0.601. The fraction of sp³-hybridized carbons (Fsp3) is 0.333. The molecule has 0 aliphatic carbocycles. The van der Waals surface area contributed by atoms with E-state index in [0.29, 0.717) is 11.3 Å². The van der Waals surface area contributed by atoms with Crippen LogP contribution in [0.1, 0.15) is 23.0 Å². The molecule has 2 rings (SSSR count). The molecular formula is C12H15ClN5O3+. The summed E-state index contributed by atoms with van der Waals surface area (Å²) >= 11 is 5.97. The van der Waals surface area contributed by atoms with Crippen LogP contribution in [0.5, 0.6) is 0 Å². The van der Waals surface area contributed by atoms with Crippen molar-refractivity contribution in [3.05, 3.63) is 22.5 Å². The van der Waals surface area contributed by atoms with Crippen LogP contribution >= 0.6 is 11.6 Å². The van der Waals surface area contributed by atoms with Gasteiger partial charge in [0.2, 0.25) is 5.91 Å². The first kappa shape index (κ1) is 15.2. The first-order valence-corrected chi connectivity index (χ1v) is 6.40. The summed E-state index contributed by atoms with van der Waals surface area (Å²) in [6.07, 6.45) is 0. The van der Waals surface area contributed by atoms with Crippen LogP contribution in [0, 0.1) is 0 Å². The predicted octanol–water partition coefficient (Wildman–Crippen LogP) is 0.404. The highest BCUT2D eigenvalue weighted by Crippen LogP contribution is 2.35. The molecule has 112 valence electrons. The summed E-state index contributed by atoms with van der Waals surface area (Å²) in [5, 5.41) is 4.51. The molecular weight excluding hydrogens is 298 g/mol. The third-order valence-electron chi connectivity index (χ3n) is 2.87. The van der Waals surface area contributed by atoms with Gasteiger partial charge in [-0.1, -0.05) is 11.6 Å². The predicted molar refractivity (Wildman–Crippen MR) is 77.7 cm³/mol. The molecule has 0 spiro atoms. The Morgan fingerprint density at radius 3 is 2.57 bits per heavy atom. The summed E-state index contributed by atoms with van der Waals surface area (Å²) in [7, 11) is 5.09. The van der Waals surface area contributed by atoms with E-state index >= 15 is 0 Å². The lowest BCUT2D eigenvalue weighted by molar-refractivity contribution is -0.119. The summed E-state index contributed by atoms with van der Waals surface area (Å²) < 4.78 is 5.34. The Morgan fingerprint density at radius 2 is 2.00 bits per heavy atom. The summed E-state index contributed by atoms with van der Waals surface area (Å²) in [6.45, 7) is 1.28. The fourth-order valence-corrected chi connectivity index (χ4v) is 2.17. The van der Waals surface area contributed by atoms with Crippen molar-refractivity contribution in [2.75, 3.05) is 21.2 Å². The highest BCUT2D eigenvalue weighted by atomic mass is 35.5. The summed E-state index contributed by atoms with van der Waals surface area (Å²) in [4.78, 5) is 27.1. The maximum absolute atomic E-state index is 12.2. The number of nitrogens with one attached hydrogen (secondary N) is 2. The number of amides is 2. The number of halogens is 1. The Bertz CT molecular complexity index is 657. The van der Waals surface area contributed by atoms with Gasteiger partial charge in [-0.2, -0.15) is 4.59 Å². The molecule has 1 aliphatic rings. The zero-order valence-electron chi connectivity index (χ0n) is 12.0. The van der Waals surface area contributed by atoms with Gasteiger partial charge >= 0.3 is 0 Å². The topological polar surface area (TPSA) is 92.7 Å². The molecule has 0 radical (unpaired) electrons. The molecule has 0 atom stereocenters. The molecule has 2 heterocycles. The van der Waals surface area contributed by atoms with Crippen molar-refractivity contribution in [1.82, 2.24) is 20.4 Å². The second-order valence-corrected chi connectivity index (χ2v) is 5.21. The van der Waals surface area contributed by atoms with Crippen LogP contribution in [0.15, 0.2) is 11.2 Å². The van der Waals surface area contributed by atoms with Crippen molar-refractivity contribution in [3.8, 4) is 0 Å². The third kappa shape index (κ3) is 2.81. The Kier molecular flexibility index (Phi) is 3.84. The van der Waals surface area contributed by atoms with Gasteiger partial charge < -0.3 is 4.74 Å². The molecule has 21 heavy (non-hydrogen) atoms. The van der Waals surface area contributed by atoms with Crippen molar-refractivity contribution in [2.24, 2.45) is 5.10 Å². The van der Waals surface area contributed by atoms with E-state index in [2.05, 4.69) is 20.9 Å². The number of hydrogen-bond acceptors (Lipinski definition) is 5. The van der Waals surface area contributed by atoms with Crippen LogP contribution in [0.2, 0.25) is 5.15 Å². The number of carbonyl (C=O) groups is 2. The number of fused-ring (bicyclic) bond motifs is 1. The van der Waals surface area contributed by atoms with Crippen molar-refractivity contribution < 1.29 is 14.3 Å². The van der Waals surface area contributed by atoms with E-state index in [1.54, 1.807) is 6.07 Å². The molecule has 0 unspecified atom stereocenters. The number of aromatic nitrogens is 1. The largest absolute Gasteiger partial charge is 0.477 e. The zero-order chi connectivity index (χ0) is 15.8. The fourth-order valence-electron chi connectivity index (χ4n) is 1.99. The van der Waals surface area contributed by atoms with E-state index in [1.165, 1.54) is 14.0 Å². The van der Waals surface area contributed by atoms with Gasteiger partial charge in [0.1, 0.15) is 10.7 Å². The molecule has 8 nitrogen and oxygen atoms in total. The number of hydrogen-bond donors (Lipinski definition) is 2. The van der Waals surface area contributed by atoms with E-state index in [-0.39, 0.29) is 21.3 Å². The van der Waals surface area contributed by atoms with Crippen molar-refractivity contribution in [1.29, 1.82) is 0 Å². The van der Waals surface area contributed by atoms with E-state index in [0.717, 1.165) is 0 Å². The second kappa shape index (κ2) is 5.30. The maximum atomic E-state index is 12.2. The molecule has 1 aromatic heterocycles. The molecule has 1 aromatic rings. The standard InChI is InChI=1S/C12H14ClN5O3/c1-6(19)15-16-11(20)10-9-7(5-8(13)14-10)18(2,3)17-12(9)21-4/h5H,1-4H3,(H-,14,15,16,17,19,20)/p+1. The number of pyridine rings is 1. The zero-order valence-corrected chi connectivity index (χ0v) is 12.8. The summed E-state index contributed by atoms with van der Waals surface area (Å²) in [6, 6.07) is 1.63. The van der Waals surface area contributed by atoms with Gasteiger partial charge in [0.25, 0.3) is 11.8 Å². The van der Waals surface area contributed by atoms with Gasteiger partial charge in [-0.3, -0.25) is 20.4 Å². The molecule has 9 heteroatoms. The highest BCUT2D eigenvalue weighted by molar-refractivity contribution is 6.30. The van der Waals surface area contributed by atoms with E-state index < -0.39 is 11.8 Å². The summed E-state index contributed by atoms with van der Waals surface area (Å²) in [5.74, 6) is -0.721. The van der Waals surface area contributed by atoms with Crippen LogP contribution in [0.3, 0.4) is 0 Å². The van der Waals surface area contributed by atoms with Crippen molar-refractivity contribution in [2.45, 2.75) is 6.92 Å². The number of carbonyl (C=O) groups excluding carboxylic acids is 2. The Labute approximate surface area is 126 Å². The third-order valence-corrected chi connectivity index (χ3v) is 3.07. The minimum absolute atomic E-state index is 0.0375. The number of hydrazine groups is 1. The average molecular weight is 313 g/mol. The van der Waals surface area contributed by atoms with E-state index in [4.69, 9.17) is 16.3 Å². The SMILES string of the molecule is COC1=N[N+](C)(C)c2cc(Cl)nc(C(=O)NNC(C)=O)c21. The van der Waals surface area contributed by atoms with Gasteiger partial charge in [-0.05, 0) is 5.10 Å². The van der Waals surface area contributed by atoms with E-state index in [9.17, 15) is 9.59 Å². The smallest absolute Gasteiger partial charge is 0.289 e. The monoisotopic (exact) mass is 312 g/mol. The van der Waals surface area contributed by atoms with Gasteiger partial charge in [0.15, 0.2) is 11.4 Å². The van der Waals surface area contributed by atoms with Gasteiger partial charge in [-0.25, -0.2) is 4.98 Å². The van der Waals surface area contributed by atoms with Crippen molar-refractivity contribution in [3.63, 3.8) is 0 Å². The van der Waals surface area contributed by atoms with E-state index in [1.807, 2.05) is 14.1 Å². The summed E-state index contributed by atoms with van der Waals surface area (Å²) in [5.41, 5.74) is 5.62. The van der Waals surface area contributed by atoms with Crippen LogP contribution in [-0.4, -0.2) is 43.9 Å². The lowest BCUT2D eigenvalue weighted by atomic mass is 10.1. The number of nitrogens with zero attached hydrogens (tertiary/aromatic N) is 3. The average Bonchev–Trinajstić information content (AvgIpc) is 2.66. The lowest BCUT2D eigenvalue weighted by Gasteiger charge is -2.17. The maximum Gasteiger partial charge on any atom is 0.289 e. The number of ether oxygens (including phenoxy) is 1. The Morgan fingerprint density at radius 1 is 1.33 bits per heavy atom. The molecule has 2 amide bonds. The Balaban J connectivity index is 2.52. The molecule has 0 saturated carbocycles. The minimum Gasteiger partial charge on any atom is -0.477 e.